The van der Waals surface area contributed by atoms with Crippen LogP contribution in [0.3, 0.4) is 0 Å². The van der Waals surface area contributed by atoms with E-state index in [0.717, 1.165) is 17.8 Å². The molecule has 0 aromatic rings. The zero-order valence-corrected chi connectivity index (χ0v) is 6.84. The first-order valence-corrected chi connectivity index (χ1v) is 4.37. The minimum Gasteiger partial charge on any atom is -0.381 e. The average Bonchev–Trinajstić information content (AvgIpc) is 2.02. The summed E-state index contributed by atoms with van der Waals surface area (Å²) in [7, 11) is 1.86. The van der Waals surface area contributed by atoms with Gasteiger partial charge in [0.05, 0.1) is 6.10 Å². The molecule has 0 saturated heterocycles. The predicted molar refractivity (Wildman–Crippen MR) is 40.8 cm³/mol. The van der Waals surface area contributed by atoms with Gasteiger partial charge in [0.15, 0.2) is 0 Å². The molecule has 3 rings (SSSR count). The first kappa shape index (κ1) is 6.66. The molecule has 2 unspecified atom stereocenters. The molecule has 3 fully saturated rings. The van der Waals surface area contributed by atoms with E-state index in [4.69, 9.17) is 4.74 Å². The summed E-state index contributed by atoms with van der Waals surface area (Å²) in [5.74, 6) is 2.77. The summed E-state index contributed by atoms with van der Waals surface area (Å²) >= 11 is 0. The Bertz CT molecular complexity index is 121. The molecule has 0 N–H and O–H groups in total. The van der Waals surface area contributed by atoms with Crippen LogP contribution >= 0.6 is 0 Å². The molecule has 2 bridgehead atoms. The van der Waals surface area contributed by atoms with Crippen LogP contribution in [-0.4, -0.2) is 13.2 Å². The van der Waals surface area contributed by atoms with Crippen LogP contribution in [0.1, 0.15) is 26.2 Å². The SMILES string of the molecule is COC1[C@@H]2CCC[C@H]1C2C. The van der Waals surface area contributed by atoms with Crippen molar-refractivity contribution in [3.63, 3.8) is 0 Å². The van der Waals surface area contributed by atoms with E-state index in [1.807, 2.05) is 7.11 Å². The molecule has 1 heteroatoms. The third-order valence-electron chi connectivity index (χ3n) is 3.54. The molecular weight excluding hydrogens is 124 g/mol. The summed E-state index contributed by atoms with van der Waals surface area (Å²) in [6, 6.07) is 0. The second kappa shape index (κ2) is 2.23. The molecule has 10 heavy (non-hydrogen) atoms. The van der Waals surface area contributed by atoms with Gasteiger partial charge in [0, 0.05) is 7.11 Å². The Balaban J connectivity index is 2.03. The maximum absolute atomic E-state index is 5.42. The fourth-order valence-electron chi connectivity index (χ4n) is 2.88. The molecule has 0 aromatic heterocycles. The van der Waals surface area contributed by atoms with Crippen LogP contribution in [0, 0.1) is 17.8 Å². The average molecular weight is 140 g/mol. The highest BCUT2D eigenvalue weighted by atomic mass is 16.5. The third-order valence-corrected chi connectivity index (χ3v) is 3.54. The first-order valence-electron chi connectivity index (χ1n) is 4.37. The van der Waals surface area contributed by atoms with Gasteiger partial charge < -0.3 is 4.74 Å². The van der Waals surface area contributed by atoms with Gasteiger partial charge in [-0.2, -0.15) is 0 Å². The Morgan fingerprint density at radius 1 is 1.20 bits per heavy atom. The van der Waals surface area contributed by atoms with Crippen LogP contribution in [0.5, 0.6) is 0 Å². The Morgan fingerprint density at radius 2 is 1.80 bits per heavy atom. The van der Waals surface area contributed by atoms with Crippen molar-refractivity contribution >= 4 is 0 Å². The fourth-order valence-corrected chi connectivity index (χ4v) is 2.88. The van der Waals surface area contributed by atoms with E-state index in [2.05, 4.69) is 6.92 Å². The van der Waals surface area contributed by atoms with Crippen LogP contribution < -0.4 is 0 Å². The molecule has 0 aromatic carbocycles. The highest BCUT2D eigenvalue weighted by molar-refractivity contribution is 4.99. The number of hydrogen-bond acceptors (Lipinski definition) is 1. The highest BCUT2D eigenvalue weighted by Crippen LogP contribution is 2.51. The van der Waals surface area contributed by atoms with Crippen LogP contribution in [0.25, 0.3) is 0 Å². The maximum Gasteiger partial charge on any atom is 0.0632 e. The van der Waals surface area contributed by atoms with Crippen molar-refractivity contribution in [2.75, 3.05) is 7.11 Å². The lowest BCUT2D eigenvalue weighted by Crippen LogP contribution is -2.53. The second-order valence-electron chi connectivity index (χ2n) is 3.82. The van der Waals surface area contributed by atoms with Crippen LogP contribution in [0.4, 0.5) is 0 Å². The van der Waals surface area contributed by atoms with Crippen molar-refractivity contribution in [1.82, 2.24) is 0 Å². The van der Waals surface area contributed by atoms with E-state index in [0.29, 0.717) is 6.10 Å². The molecule has 4 atom stereocenters. The zero-order chi connectivity index (χ0) is 7.14. The van der Waals surface area contributed by atoms with Crippen molar-refractivity contribution in [2.45, 2.75) is 32.3 Å². The topological polar surface area (TPSA) is 9.23 Å². The van der Waals surface area contributed by atoms with Crippen molar-refractivity contribution in [3.05, 3.63) is 0 Å². The van der Waals surface area contributed by atoms with Gasteiger partial charge in [-0.25, -0.2) is 0 Å². The second-order valence-corrected chi connectivity index (χ2v) is 3.82. The lowest BCUT2D eigenvalue weighted by molar-refractivity contribution is -0.145. The molecule has 3 aliphatic carbocycles. The van der Waals surface area contributed by atoms with Gasteiger partial charge in [-0.3, -0.25) is 0 Å². The lowest BCUT2D eigenvalue weighted by atomic mass is 9.56. The maximum atomic E-state index is 5.42. The quantitative estimate of drug-likeness (QED) is 0.541. The lowest BCUT2D eigenvalue weighted by Gasteiger charge is -2.54. The van der Waals surface area contributed by atoms with Crippen LogP contribution in [0.2, 0.25) is 0 Å². The van der Waals surface area contributed by atoms with Gasteiger partial charge in [0.2, 0.25) is 0 Å². The van der Waals surface area contributed by atoms with Crippen LogP contribution in [0.15, 0.2) is 0 Å². The number of methoxy groups -OCH3 is 1. The molecule has 0 amide bonds. The van der Waals surface area contributed by atoms with Gasteiger partial charge in [-0.15, -0.1) is 0 Å². The summed E-state index contributed by atoms with van der Waals surface area (Å²) in [4.78, 5) is 0. The monoisotopic (exact) mass is 140 g/mol. The number of rotatable bonds is 1. The number of ether oxygens (including phenoxy) is 1. The molecule has 58 valence electrons. The summed E-state index contributed by atoms with van der Waals surface area (Å²) in [6.07, 6.45) is 4.90. The summed E-state index contributed by atoms with van der Waals surface area (Å²) < 4.78 is 5.42. The Kier molecular flexibility index (Phi) is 1.48. The van der Waals surface area contributed by atoms with Crippen molar-refractivity contribution < 1.29 is 4.74 Å². The van der Waals surface area contributed by atoms with Gasteiger partial charge in [-0.05, 0) is 30.6 Å². The molecule has 0 spiro atoms. The summed E-state index contributed by atoms with van der Waals surface area (Å²) in [6.45, 7) is 2.38. The summed E-state index contributed by atoms with van der Waals surface area (Å²) in [5.41, 5.74) is 0. The Labute approximate surface area is 62.8 Å². The molecule has 1 nitrogen and oxygen atoms in total. The molecular formula is C9H16O. The van der Waals surface area contributed by atoms with Crippen molar-refractivity contribution in [3.8, 4) is 0 Å². The molecule has 3 aliphatic rings. The third kappa shape index (κ3) is 0.672. The Hall–Kier alpha value is -0.0400. The first-order chi connectivity index (χ1) is 4.84. The highest BCUT2D eigenvalue weighted by Gasteiger charge is 2.49. The standard InChI is InChI=1S/C9H16O/c1-6-7-4-3-5-8(6)9(7)10-2/h6-9H,3-5H2,1-2H3/t6?,7-,8+,9?. The van der Waals surface area contributed by atoms with E-state index < -0.39 is 0 Å². The molecule has 0 radical (unpaired) electrons. The zero-order valence-electron chi connectivity index (χ0n) is 6.84. The largest absolute Gasteiger partial charge is 0.381 e. The van der Waals surface area contributed by atoms with Gasteiger partial charge in [0.25, 0.3) is 0 Å². The van der Waals surface area contributed by atoms with Gasteiger partial charge >= 0.3 is 0 Å². The van der Waals surface area contributed by atoms with Crippen molar-refractivity contribution in [1.29, 1.82) is 0 Å². The summed E-state index contributed by atoms with van der Waals surface area (Å²) in [5, 5.41) is 0. The van der Waals surface area contributed by atoms with Gasteiger partial charge in [-0.1, -0.05) is 13.3 Å². The smallest absolute Gasteiger partial charge is 0.0632 e. The molecule has 0 aliphatic heterocycles. The Morgan fingerprint density at radius 3 is 2.10 bits per heavy atom. The van der Waals surface area contributed by atoms with Crippen molar-refractivity contribution in [2.24, 2.45) is 17.8 Å². The molecule has 3 saturated carbocycles. The minimum atomic E-state index is 0.628. The van der Waals surface area contributed by atoms with E-state index in [-0.39, 0.29) is 0 Å². The van der Waals surface area contributed by atoms with E-state index in [1.54, 1.807) is 0 Å². The normalized spacial score (nSPS) is 52.2. The van der Waals surface area contributed by atoms with Gasteiger partial charge in [0.1, 0.15) is 0 Å². The van der Waals surface area contributed by atoms with Crippen LogP contribution in [-0.2, 0) is 4.74 Å². The fraction of sp³-hybridized carbons (Fsp3) is 1.00. The predicted octanol–water partition coefficient (Wildman–Crippen LogP) is 2.07. The van der Waals surface area contributed by atoms with E-state index >= 15 is 0 Å². The van der Waals surface area contributed by atoms with E-state index in [1.165, 1.54) is 19.3 Å². The number of fused-ring (bicyclic) bond motifs is 2. The van der Waals surface area contributed by atoms with E-state index in [9.17, 15) is 0 Å². The molecule has 0 heterocycles. The number of hydrogen-bond donors (Lipinski definition) is 0. The minimum absolute atomic E-state index is 0.628.